The van der Waals surface area contributed by atoms with Gasteiger partial charge in [0.2, 0.25) is 5.96 Å². The molecule has 0 fully saturated rings. The third-order valence-corrected chi connectivity index (χ3v) is 7.21. The van der Waals surface area contributed by atoms with E-state index in [4.69, 9.17) is 5.41 Å². The largest absolute Gasteiger partial charge is 0.324 e. The summed E-state index contributed by atoms with van der Waals surface area (Å²) in [4.78, 5) is 4.04. The van der Waals surface area contributed by atoms with Crippen LogP contribution in [-0.2, 0) is 16.6 Å². The third-order valence-electron chi connectivity index (χ3n) is 5.83. The van der Waals surface area contributed by atoms with Crippen molar-refractivity contribution in [2.24, 2.45) is 4.99 Å². The number of fused-ring (bicyclic) bond motifs is 1. The molecular weight excluding hydrogens is 477 g/mol. The monoisotopic (exact) mass is 500 g/mol. The lowest BCUT2D eigenvalue weighted by molar-refractivity contribution is 0.586. The van der Waals surface area contributed by atoms with Gasteiger partial charge in [-0.3, -0.25) is 0 Å². The molecule has 10 heteroatoms. The lowest BCUT2D eigenvalue weighted by Crippen LogP contribution is -2.41. The van der Waals surface area contributed by atoms with Gasteiger partial charge in [-0.1, -0.05) is 32.0 Å². The van der Waals surface area contributed by atoms with E-state index in [9.17, 15) is 17.2 Å². The lowest BCUT2D eigenvalue weighted by atomic mass is 9.89. The first-order chi connectivity index (χ1) is 16.6. The zero-order chi connectivity index (χ0) is 25.3. The van der Waals surface area contributed by atoms with Crippen molar-refractivity contribution >= 4 is 27.4 Å². The number of hydrogen-bond donors (Lipinski definition) is 3. The highest BCUT2D eigenvalue weighted by atomic mass is 32.2. The van der Waals surface area contributed by atoms with Crippen LogP contribution in [-0.4, -0.2) is 20.1 Å². The van der Waals surface area contributed by atoms with Crippen LogP contribution in [0, 0.1) is 22.9 Å². The summed E-state index contributed by atoms with van der Waals surface area (Å²) in [6.45, 7) is 3.39. The first kappa shape index (κ1) is 24.5. The molecule has 1 aliphatic heterocycles. The standard InChI is InChI=1S/C25H23F3N4O2S/c1-3-21(29)18-12-16(7-8-19(18)27)14(2)23-20(28)9-10-22-24(23)31-25(32-35(22,33)34)30-13-15-5-4-6-17(26)11-15/h4-12,14,29H,3,13H2,1-2H3,(H2,30,31,32). The van der Waals surface area contributed by atoms with Gasteiger partial charge in [0.15, 0.2) is 0 Å². The first-order valence-corrected chi connectivity index (χ1v) is 12.4. The topological polar surface area (TPSA) is 94.4 Å². The van der Waals surface area contributed by atoms with Crippen molar-refractivity contribution in [3.8, 4) is 0 Å². The Morgan fingerprint density at radius 3 is 2.51 bits per heavy atom. The van der Waals surface area contributed by atoms with E-state index in [2.05, 4.69) is 15.0 Å². The van der Waals surface area contributed by atoms with E-state index in [0.717, 1.165) is 12.1 Å². The van der Waals surface area contributed by atoms with Crippen molar-refractivity contribution in [3.05, 3.63) is 94.3 Å². The van der Waals surface area contributed by atoms with Crippen LogP contribution in [0.25, 0.3) is 0 Å². The van der Waals surface area contributed by atoms with E-state index in [0.29, 0.717) is 17.5 Å². The van der Waals surface area contributed by atoms with Crippen LogP contribution in [0.5, 0.6) is 0 Å². The van der Waals surface area contributed by atoms with Gasteiger partial charge in [-0.25, -0.2) is 31.3 Å². The molecule has 0 saturated heterocycles. The molecule has 1 unspecified atom stereocenters. The van der Waals surface area contributed by atoms with Crippen LogP contribution in [0.4, 0.5) is 18.9 Å². The molecule has 3 aromatic carbocycles. The van der Waals surface area contributed by atoms with Crippen molar-refractivity contribution in [2.45, 2.75) is 37.6 Å². The summed E-state index contributed by atoms with van der Waals surface area (Å²) in [6, 6.07) is 12.1. The minimum Gasteiger partial charge on any atom is -0.324 e. The molecule has 0 radical (unpaired) electrons. The minimum absolute atomic E-state index is 0.0153. The van der Waals surface area contributed by atoms with Gasteiger partial charge in [-0.15, -0.1) is 0 Å². The Kier molecular flexibility index (Phi) is 6.66. The van der Waals surface area contributed by atoms with Crippen LogP contribution in [0.3, 0.4) is 0 Å². The molecule has 6 nitrogen and oxygen atoms in total. The molecule has 0 spiro atoms. The summed E-state index contributed by atoms with van der Waals surface area (Å²) >= 11 is 0. The smallest absolute Gasteiger partial charge is 0.266 e. The lowest BCUT2D eigenvalue weighted by Gasteiger charge is -2.27. The molecule has 3 aromatic rings. The second-order valence-electron chi connectivity index (χ2n) is 8.15. The first-order valence-electron chi connectivity index (χ1n) is 10.9. The van der Waals surface area contributed by atoms with Crippen LogP contribution in [0.15, 0.2) is 64.5 Å². The van der Waals surface area contributed by atoms with E-state index in [-0.39, 0.29) is 39.9 Å². The third kappa shape index (κ3) is 4.93. The van der Waals surface area contributed by atoms with Crippen molar-refractivity contribution in [1.29, 1.82) is 5.41 Å². The van der Waals surface area contributed by atoms with Gasteiger partial charge in [-0.2, -0.15) is 0 Å². The molecule has 4 rings (SSSR count). The fourth-order valence-corrected chi connectivity index (χ4v) is 5.11. The van der Waals surface area contributed by atoms with Crippen molar-refractivity contribution in [1.82, 2.24) is 4.72 Å². The highest BCUT2D eigenvalue weighted by Gasteiger charge is 2.32. The normalized spacial score (nSPS) is 16.2. The molecule has 0 amide bonds. The number of benzene rings is 3. The molecule has 1 atom stereocenters. The van der Waals surface area contributed by atoms with Gasteiger partial charge >= 0.3 is 0 Å². The minimum atomic E-state index is -4.07. The zero-order valence-corrected chi connectivity index (χ0v) is 19.8. The van der Waals surface area contributed by atoms with Crippen LogP contribution in [0.2, 0.25) is 0 Å². The number of hydrogen-bond acceptors (Lipinski definition) is 4. The summed E-state index contributed by atoms with van der Waals surface area (Å²) < 4.78 is 71.0. The highest BCUT2D eigenvalue weighted by molar-refractivity contribution is 7.90. The summed E-state index contributed by atoms with van der Waals surface area (Å²) in [5.41, 5.74) is 1.33. The average molecular weight is 501 g/mol. The predicted octanol–water partition coefficient (Wildman–Crippen LogP) is 5.29. The van der Waals surface area contributed by atoms with Crippen molar-refractivity contribution < 1.29 is 21.6 Å². The Bertz CT molecular complexity index is 1460. The highest BCUT2D eigenvalue weighted by Crippen LogP contribution is 2.38. The number of nitrogens with one attached hydrogen (secondary N) is 3. The van der Waals surface area contributed by atoms with Gasteiger partial charge in [0.1, 0.15) is 22.3 Å². The van der Waals surface area contributed by atoms with Gasteiger partial charge in [0.25, 0.3) is 10.0 Å². The van der Waals surface area contributed by atoms with E-state index in [1.54, 1.807) is 19.9 Å². The second-order valence-corrected chi connectivity index (χ2v) is 9.80. The summed E-state index contributed by atoms with van der Waals surface area (Å²) in [7, 11) is -4.07. The molecule has 1 aliphatic rings. The molecule has 0 aliphatic carbocycles. The number of nitrogens with zero attached hydrogens (tertiary/aromatic N) is 1. The van der Waals surface area contributed by atoms with Crippen LogP contribution in [0.1, 0.15) is 48.4 Å². The number of sulfonamides is 1. The summed E-state index contributed by atoms with van der Waals surface area (Å²) in [6.07, 6.45) is 0.320. The Labute approximate surface area is 201 Å². The van der Waals surface area contributed by atoms with Gasteiger partial charge in [0, 0.05) is 22.8 Å². The quantitative estimate of drug-likeness (QED) is 0.401. The van der Waals surface area contributed by atoms with Crippen molar-refractivity contribution in [3.63, 3.8) is 0 Å². The number of halogens is 3. The predicted molar refractivity (Wildman–Crippen MR) is 129 cm³/mol. The molecule has 0 aromatic heterocycles. The molecule has 0 bridgehead atoms. The average Bonchev–Trinajstić information content (AvgIpc) is 2.81. The van der Waals surface area contributed by atoms with Crippen LogP contribution >= 0.6 is 0 Å². The Hall–Kier alpha value is -3.66. The Balaban J connectivity index is 1.77. The van der Waals surface area contributed by atoms with Gasteiger partial charge in [-0.05, 0) is 53.9 Å². The van der Waals surface area contributed by atoms with E-state index in [1.807, 2.05) is 0 Å². The molecule has 1 heterocycles. The van der Waals surface area contributed by atoms with Gasteiger partial charge < -0.3 is 10.7 Å². The molecule has 3 N–H and O–H groups in total. The summed E-state index contributed by atoms with van der Waals surface area (Å²) in [5, 5.41) is 10.9. The van der Waals surface area contributed by atoms with Gasteiger partial charge in [0.05, 0.1) is 12.2 Å². The maximum Gasteiger partial charge on any atom is 0.266 e. The Morgan fingerprint density at radius 2 is 1.80 bits per heavy atom. The molecular formula is C25H23F3N4O2S. The maximum absolute atomic E-state index is 15.1. The maximum atomic E-state index is 15.1. The molecule has 0 saturated carbocycles. The SMILES string of the molecule is CCC(=N)c1cc(C(C)c2c(F)ccc3c2NC(=NCc2cccc(F)c2)NS3(=O)=O)ccc1F. The summed E-state index contributed by atoms with van der Waals surface area (Å²) in [5.74, 6) is -2.47. The molecule has 182 valence electrons. The van der Waals surface area contributed by atoms with E-state index >= 15 is 4.39 Å². The fourth-order valence-electron chi connectivity index (χ4n) is 3.95. The zero-order valence-electron chi connectivity index (χ0n) is 19.0. The van der Waals surface area contributed by atoms with Crippen LogP contribution < -0.4 is 10.0 Å². The number of guanidine groups is 1. The molecule has 35 heavy (non-hydrogen) atoms. The fraction of sp³-hybridized carbons (Fsp3) is 0.200. The van der Waals surface area contributed by atoms with Crippen molar-refractivity contribution in [2.75, 3.05) is 5.32 Å². The number of aliphatic imine (C=N–C) groups is 1. The van der Waals surface area contributed by atoms with E-state index in [1.165, 1.54) is 36.4 Å². The second kappa shape index (κ2) is 9.53. The number of anilines is 1. The Morgan fingerprint density at radius 1 is 1.06 bits per heavy atom. The van der Waals surface area contributed by atoms with E-state index < -0.39 is 33.4 Å². The number of rotatable bonds is 6.